The van der Waals surface area contributed by atoms with Gasteiger partial charge in [0, 0.05) is 17.2 Å². The van der Waals surface area contributed by atoms with Crippen LogP contribution in [0.4, 0.5) is 5.69 Å². The van der Waals surface area contributed by atoms with Crippen molar-refractivity contribution in [2.45, 2.75) is 37.0 Å². The number of benzene rings is 1. The lowest BCUT2D eigenvalue weighted by molar-refractivity contribution is 0.240. The molecule has 0 bridgehead atoms. The molecule has 3 heteroatoms. The molecule has 0 unspecified atom stereocenters. The molecule has 1 saturated carbocycles. The first-order chi connectivity index (χ1) is 8.83. The molecule has 98 valence electrons. The third-order valence-corrected chi connectivity index (χ3v) is 5.70. The SMILES string of the molecule is COc1cccc2c1NCC1(CCCCC1)CS2. The van der Waals surface area contributed by atoms with Crippen LogP contribution in [0.5, 0.6) is 5.75 Å². The number of para-hydroxylation sites is 1. The van der Waals surface area contributed by atoms with Gasteiger partial charge in [-0.05, 0) is 30.4 Å². The van der Waals surface area contributed by atoms with E-state index < -0.39 is 0 Å². The van der Waals surface area contributed by atoms with Gasteiger partial charge in [0.1, 0.15) is 5.75 Å². The van der Waals surface area contributed by atoms with Crippen molar-refractivity contribution >= 4 is 17.4 Å². The van der Waals surface area contributed by atoms with Crippen molar-refractivity contribution in [3.8, 4) is 5.75 Å². The smallest absolute Gasteiger partial charge is 0.143 e. The van der Waals surface area contributed by atoms with Gasteiger partial charge in [0.15, 0.2) is 0 Å². The van der Waals surface area contributed by atoms with Crippen molar-refractivity contribution in [3.05, 3.63) is 18.2 Å². The van der Waals surface area contributed by atoms with E-state index in [9.17, 15) is 0 Å². The fourth-order valence-electron chi connectivity index (χ4n) is 3.16. The van der Waals surface area contributed by atoms with Crippen LogP contribution < -0.4 is 10.1 Å². The first-order valence-corrected chi connectivity index (χ1v) is 7.85. The Labute approximate surface area is 113 Å². The second-order valence-corrected chi connectivity index (χ2v) is 6.55. The number of hydrogen-bond acceptors (Lipinski definition) is 3. The van der Waals surface area contributed by atoms with Crippen molar-refractivity contribution in [2.24, 2.45) is 5.41 Å². The topological polar surface area (TPSA) is 21.3 Å². The lowest BCUT2D eigenvalue weighted by Gasteiger charge is -2.36. The van der Waals surface area contributed by atoms with Gasteiger partial charge < -0.3 is 10.1 Å². The number of ether oxygens (including phenoxy) is 1. The molecule has 1 spiro atoms. The van der Waals surface area contributed by atoms with Crippen molar-refractivity contribution < 1.29 is 4.74 Å². The highest BCUT2D eigenvalue weighted by Crippen LogP contribution is 2.46. The van der Waals surface area contributed by atoms with Crippen molar-refractivity contribution in [1.82, 2.24) is 0 Å². The Morgan fingerprint density at radius 3 is 2.83 bits per heavy atom. The molecule has 0 aromatic heterocycles. The minimum absolute atomic E-state index is 0.507. The molecule has 0 saturated heterocycles. The molecule has 2 nitrogen and oxygen atoms in total. The highest BCUT2D eigenvalue weighted by Gasteiger charge is 2.34. The van der Waals surface area contributed by atoms with E-state index in [1.54, 1.807) is 7.11 Å². The van der Waals surface area contributed by atoms with E-state index in [0.29, 0.717) is 5.41 Å². The van der Waals surface area contributed by atoms with Gasteiger partial charge in [0.2, 0.25) is 0 Å². The van der Waals surface area contributed by atoms with Crippen LogP contribution in [-0.2, 0) is 0 Å². The standard InChI is InChI=1S/C15H21NOS/c1-17-12-6-5-7-13-14(12)16-10-15(11-18-13)8-3-2-4-9-15/h5-7,16H,2-4,8-11H2,1H3. The van der Waals surface area contributed by atoms with E-state index >= 15 is 0 Å². The Morgan fingerprint density at radius 1 is 1.22 bits per heavy atom. The summed E-state index contributed by atoms with van der Waals surface area (Å²) in [5.41, 5.74) is 1.71. The lowest BCUT2D eigenvalue weighted by atomic mass is 9.75. The van der Waals surface area contributed by atoms with Crippen LogP contribution in [0, 0.1) is 5.41 Å². The van der Waals surface area contributed by atoms with Gasteiger partial charge >= 0.3 is 0 Å². The fraction of sp³-hybridized carbons (Fsp3) is 0.600. The maximum Gasteiger partial charge on any atom is 0.143 e. The number of rotatable bonds is 1. The average molecular weight is 263 g/mol. The summed E-state index contributed by atoms with van der Waals surface area (Å²) in [7, 11) is 1.75. The largest absolute Gasteiger partial charge is 0.495 e. The normalized spacial score (nSPS) is 21.8. The van der Waals surface area contributed by atoms with Crippen LogP contribution in [0.2, 0.25) is 0 Å². The number of fused-ring (bicyclic) bond motifs is 1. The second-order valence-electron chi connectivity index (χ2n) is 5.54. The van der Waals surface area contributed by atoms with Crippen LogP contribution in [-0.4, -0.2) is 19.4 Å². The quantitative estimate of drug-likeness (QED) is 0.822. The average Bonchev–Trinajstić information content (AvgIpc) is 2.60. The molecular formula is C15H21NOS. The molecule has 1 fully saturated rings. The Bertz CT molecular complexity index is 427. The molecular weight excluding hydrogens is 242 g/mol. The summed E-state index contributed by atoms with van der Waals surface area (Å²) < 4.78 is 5.47. The van der Waals surface area contributed by atoms with E-state index in [-0.39, 0.29) is 0 Å². The summed E-state index contributed by atoms with van der Waals surface area (Å²) in [4.78, 5) is 1.34. The number of nitrogens with one attached hydrogen (secondary N) is 1. The first-order valence-electron chi connectivity index (χ1n) is 6.87. The molecule has 0 radical (unpaired) electrons. The minimum atomic E-state index is 0.507. The van der Waals surface area contributed by atoms with E-state index in [1.165, 1.54) is 48.4 Å². The molecule has 1 heterocycles. The Balaban J connectivity index is 1.85. The number of anilines is 1. The minimum Gasteiger partial charge on any atom is -0.495 e. The molecule has 1 aromatic carbocycles. The van der Waals surface area contributed by atoms with Crippen molar-refractivity contribution in [2.75, 3.05) is 24.7 Å². The predicted molar refractivity (Wildman–Crippen MR) is 77.7 cm³/mol. The van der Waals surface area contributed by atoms with Crippen molar-refractivity contribution in [3.63, 3.8) is 0 Å². The zero-order valence-corrected chi connectivity index (χ0v) is 11.8. The second kappa shape index (κ2) is 5.04. The Kier molecular flexibility index (Phi) is 3.42. The van der Waals surface area contributed by atoms with E-state index in [2.05, 4.69) is 17.4 Å². The van der Waals surface area contributed by atoms with Gasteiger partial charge in [0.25, 0.3) is 0 Å². The van der Waals surface area contributed by atoms with Crippen LogP contribution in [0.1, 0.15) is 32.1 Å². The summed E-state index contributed by atoms with van der Waals surface area (Å²) >= 11 is 2.00. The number of methoxy groups -OCH3 is 1. The lowest BCUT2D eigenvalue weighted by Crippen LogP contribution is -2.33. The molecule has 3 rings (SSSR count). The van der Waals surface area contributed by atoms with Crippen molar-refractivity contribution in [1.29, 1.82) is 0 Å². The summed E-state index contributed by atoms with van der Waals surface area (Å²) in [6, 6.07) is 6.34. The summed E-state index contributed by atoms with van der Waals surface area (Å²) in [5.74, 6) is 2.23. The molecule has 1 aliphatic heterocycles. The number of hydrogen-bond donors (Lipinski definition) is 1. The zero-order valence-electron chi connectivity index (χ0n) is 11.0. The molecule has 1 N–H and O–H groups in total. The first kappa shape index (κ1) is 12.2. The molecule has 1 aliphatic carbocycles. The summed E-state index contributed by atoms with van der Waals surface area (Å²) in [5, 5.41) is 3.66. The Morgan fingerprint density at radius 2 is 2.06 bits per heavy atom. The molecule has 2 aliphatic rings. The molecule has 0 amide bonds. The monoisotopic (exact) mass is 263 g/mol. The Hall–Kier alpha value is -0.830. The molecule has 0 atom stereocenters. The van der Waals surface area contributed by atoms with Gasteiger partial charge in [-0.1, -0.05) is 25.3 Å². The highest BCUT2D eigenvalue weighted by atomic mass is 32.2. The molecule has 18 heavy (non-hydrogen) atoms. The van der Waals surface area contributed by atoms with E-state index in [4.69, 9.17) is 4.74 Å². The van der Waals surface area contributed by atoms with E-state index in [0.717, 1.165) is 12.3 Å². The van der Waals surface area contributed by atoms with E-state index in [1.807, 2.05) is 17.8 Å². The van der Waals surface area contributed by atoms with Gasteiger partial charge in [-0.25, -0.2) is 0 Å². The van der Waals surface area contributed by atoms with Gasteiger partial charge in [-0.2, -0.15) is 0 Å². The third-order valence-electron chi connectivity index (χ3n) is 4.30. The zero-order chi connectivity index (χ0) is 12.4. The van der Waals surface area contributed by atoms with Crippen LogP contribution in [0.15, 0.2) is 23.1 Å². The van der Waals surface area contributed by atoms with Gasteiger partial charge in [-0.3, -0.25) is 0 Å². The van der Waals surface area contributed by atoms with Gasteiger partial charge in [-0.15, -0.1) is 11.8 Å². The molecule has 1 aromatic rings. The predicted octanol–water partition coefficient (Wildman–Crippen LogP) is 4.16. The van der Waals surface area contributed by atoms with Crippen LogP contribution in [0.3, 0.4) is 0 Å². The maximum absolute atomic E-state index is 5.47. The van der Waals surface area contributed by atoms with Crippen LogP contribution >= 0.6 is 11.8 Å². The fourth-order valence-corrected chi connectivity index (χ4v) is 4.50. The summed E-state index contributed by atoms with van der Waals surface area (Å²) in [6.07, 6.45) is 6.97. The van der Waals surface area contributed by atoms with Gasteiger partial charge in [0.05, 0.1) is 12.8 Å². The maximum atomic E-state index is 5.47. The highest BCUT2D eigenvalue weighted by molar-refractivity contribution is 7.99. The summed E-state index contributed by atoms with van der Waals surface area (Å²) in [6.45, 7) is 1.10. The third kappa shape index (κ3) is 2.20. The van der Waals surface area contributed by atoms with Crippen LogP contribution in [0.25, 0.3) is 0 Å². The number of thioether (sulfide) groups is 1.